The standard InChI is InChI=1S/C10H14N2/c1-8(2)10-5-3-4-9-6-11-7-12(9)10/h3-6,8,11H,7H2,1-2H3. The average Bonchev–Trinajstić information content (AvgIpc) is 2.49. The van der Waals surface area contributed by atoms with Crippen LogP contribution in [0.25, 0.3) is 0 Å². The van der Waals surface area contributed by atoms with Crippen LogP contribution in [0.4, 0.5) is 0 Å². The van der Waals surface area contributed by atoms with Crippen molar-refractivity contribution in [3.8, 4) is 0 Å². The highest BCUT2D eigenvalue weighted by molar-refractivity contribution is 5.34. The molecule has 0 atom stereocenters. The SMILES string of the molecule is CC(C)C1=CC=CC2=CNCN21. The lowest BCUT2D eigenvalue weighted by atomic mass is 10.1. The molecule has 0 unspecified atom stereocenters. The normalized spacial score (nSPS) is 20.4. The van der Waals surface area contributed by atoms with E-state index < -0.39 is 0 Å². The van der Waals surface area contributed by atoms with Crippen LogP contribution < -0.4 is 5.32 Å². The van der Waals surface area contributed by atoms with Gasteiger partial charge in [-0.15, -0.1) is 0 Å². The zero-order valence-electron chi connectivity index (χ0n) is 7.54. The van der Waals surface area contributed by atoms with Gasteiger partial charge in [0.05, 0.1) is 12.4 Å². The molecule has 0 aromatic carbocycles. The van der Waals surface area contributed by atoms with Gasteiger partial charge in [0.25, 0.3) is 0 Å². The molecule has 0 spiro atoms. The second-order valence-corrected chi connectivity index (χ2v) is 3.46. The number of hydrogen-bond acceptors (Lipinski definition) is 2. The number of hydrogen-bond donors (Lipinski definition) is 1. The highest BCUT2D eigenvalue weighted by atomic mass is 15.3. The molecule has 0 amide bonds. The maximum absolute atomic E-state index is 3.22. The molecule has 2 aliphatic heterocycles. The summed E-state index contributed by atoms with van der Waals surface area (Å²) >= 11 is 0. The van der Waals surface area contributed by atoms with Crippen LogP contribution in [0, 0.1) is 5.92 Å². The lowest BCUT2D eigenvalue weighted by Crippen LogP contribution is -2.26. The molecule has 2 nitrogen and oxygen atoms in total. The van der Waals surface area contributed by atoms with E-state index in [1.54, 1.807) is 0 Å². The van der Waals surface area contributed by atoms with Crippen LogP contribution in [-0.2, 0) is 0 Å². The lowest BCUT2D eigenvalue weighted by molar-refractivity contribution is 0.407. The maximum atomic E-state index is 3.22. The van der Waals surface area contributed by atoms with E-state index >= 15 is 0 Å². The van der Waals surface area contributed by atoms with Crippen molar-refractivity contribution in [1.29, 1.82) is 0 Å². The molecule has 0 aliphatic carbocycles. The van der Waals surface area contributed by atoms with E-state index in [9.17, 15) is 0 Å². The first-order chi connectivity index (χ1) is 5.79. The number of allylic oxidation sites excluding steroid dienone is 4. The molecule has 0 saturated heterocycles. The third kappa shape index (κ3) is 1.04. The van der Waals surface area contributed by atoms with E-state index in [1.807, 2.05) is 0 Å². The van der Waals surface area contributed by atoms with Gasteiger partial charge in [-0.1, -0.05) is 19.9 Å². The molecule has 0 bridgehead atoms. The van der Waals surface area contributed by atoms with E-state index in [-0.39, 0.29) is 0 Å². The lowest BCUT2D eigenvalue weighted by Gasteiger charge is -2.27. The van der Waals surface area contributed by atoms with E-state index in [2.05, 4.69) is 48.5 Å². The van der Waals surface area contributed by atoms with Crippen LogP contribution in [-0.4, -0.2) is 11.6 Å². The van der Waals surface area contributed by atoms with Gasteiger partial charge in [-0.2, -0.15) is 0 Å². The quantitative estimate of drug-likeness (QED) is 0.632. The smallest absolute Gasteiger partial charge is 0.0919 e. The molecular formula is C10H14N2. The van der Waals surface area contributed by atoms with Crippen molar-refractivity contribution >= 4 is 0 Å². The summed E-state index contributed by atoms with van der Waals surface area (Å²) < 4.78 is 0. The van der Waals surface area contributed by atoms with Crippen LogP contribution in [0.2, 0.25) is 0 Å². The first-order valence-electron chi connectivity index (χ1n) is 4.38. The molecule has 0 radical (unpaired) electrons. The van der Waals surface area contributed by atoms with E-state index in [0.29, 0.717) is 5.92 Å². The van der Waals surface area contributed by atoms with Crippen molar-refractivity contribution in [1.82, 2.24) is 10.2 Å². The van der Waals surface area contributed by atoms with E-state index in [0.717, 1.165) is 6.67 Å². The summed E-state index contributed by atoms with van der Waals surface area (Å²) in [6, 6.07) is 0. The van der Waals surface area contributed by atoms with E-state index in [4.69, 9.17) is 0 Å². The van der Waals surface area contributed by atoms with Gasteiger partial charge in [-0.05, 0) is 18.1 Å². The molecule has 0 aromatic heterocycles. The van der Waals surface area contributed by atoms with Gasteiger partial charge in [-0.25, -0.2) is 0 Å². The molecule has 0 fully saturated rings. The molecular weight excluding hydrogens is 148 g/mol. The minimum absolute atomic E-state index is 0.596. The number of fused-ring (bicyclic) bond motifs is 1. The minimum Gasteiger partial charge on any atom is -0.372 e. The van der Waals surface area contributed by atoms with Crippen LogP contribution in [0.5, 0.6) is 0 Å². The Kier molecular flexibility index (Phi) is 1.68. The van der Waals surface area contributed by atoms with Crippen molar-refractivity contribution in [2.75, 3.05) is 6.67 Å². The highest BCUT2D eigenvalue weighted by Crippen LogP contribution is 2.25. The van der Waals surface area contributed by atoms with Crippen molar-refractivity contribution in [2.24, 2.45) is 5.92 Å². The Morgan fingerprint density at radius 3 is 3.08 bits per heavy atom. The zero-order chi connectivity index (χ0) is 8.55. The van der Waals surface area contributed by atoms with Crippen molar-refractivity contribution < 1.29 is 0 Å². The second kappa shape index (κ2) is 2.70. The van der Waals surface area contributed by atoms with Crippen LogP contribution >= 0.6 is 0 Å². The molecule has 2 rings (SSSR count). The van der Waals surface area contributed by atoms with Crippen LogP contribution in [0.15, 0.2) is 35.8 Å². The van der Waals surface area contributed by atoms with Crippen molar-refractivity contribution in [3.63, 3.8) is 0 Å². The number of nitrogens with one attached hydrogen (secondary N) is 1. The van der Waals surface area contributed by atoms with Gasteiger partial charge in [0, 0.05) is 11.9 Å². The molecule has 0 aromatic rings. The summed E-state index contributed by atoms with van der Waals surface area (Å²) in [5.74, 6) is 0.596. The summed E-state index contributed by atoms with van der Waals surface area (Å²) in [6.45, 7) is 5.37. The van der Waals surface area contributed by atoms with Crippen LogP contribution in [0.1, 0.15) is 13.8 Å². The molecule has 64 valence electrons. The Morgan fingerprint density at radius 2 is 2.33 bits per heavy atom. The highest BCUT2D eigenvalue weighted by Gasteiger charge is 2.20. The average molecular weight is 162 g/mol. The van der Waals surface area contributed by atoms with Gasteiger partial charge in [-0.3, -0.25) is 0 Å². The third-order valence-corrected chi connectivity index (χ3v) is 2.25. The molecule has 2 heteroatoms. The molecule has 12 heavy (non-hydrogen) atoms. The Labute approximate surface area is 73.3 Å². The Balaban J connectivity index is 2.29. The summed E-state index contributed by atoms with van der Waals surface area (Å²) in [5.41, 5.74) is 2.68. The van der Waals surface area contributed by atoms with Crippen LogP contribution in [0.3, 0.4) is 0 Å². The molecule has 2 aliphatic rings. The topological polar surface area (TPSA) is 15.3 Å². The zero-order valence-corrected chi connectivity index (χ0v) is 7.54. The third-order valence-electron chi connectivity index (χ3n) is 2.25. The number of rotatable bonds is 1. The van der Waals surface area contributed by atoms with Gasteiger partial charge in [0.2, 0.25) is 0 Å². The fourth-order valence-electron chi connectivity index (χ4n) is 1.63. The Bertz CT molecular complexity index is 272. The molecule has 1 N–H and O–H groups in total. The monoisotopic (exact) mass is 162 g/mol. The van der Waals surface area contributed by atoms with Crippen molar-refractivity contribution in [3.05, 3.63) is 35.8 Å². The van der Waals surface area contributed by atoms with Crippen molar-refractivity contribution in [2.45, 2.75) is 13.8 Å². The van der Waals surface area contributed by atoms with Gasteiger partial charge < -0.3 is 10.2 Å². The Hall–Kier alpha value is -1.18. The fourth-order valence-corrected chi connectivity index (χ4v) is 1.63. The molecule has 0 saturated carbocycles. The molecule has 2 heterocycles. The first kappa shape index (κ1) is 7.47. The van der Waals surface area contributed by atoms with E-state index in [1.165, 1.54) is 11.4 Å². The Morgan fingerprint density at radius 1 is 1.50 bits per heavy atom. The number of nitrogens with zero attached hydrogens (tertiary/aromatic N) is 1. The van der Waals surface area contributed by atoms with Gasteiger partial charge >= 0.3 is 0 Å². The van der Waals surface area contributed by atoms with Gasteiger partial charge in [0.1, 0.15) is 0 Å². The second-order valence-electron chi connectivity index (χ2n) is 3.46. The maximum Gasteiger partial charge on any atom is 0.0919 e. The first-order valence-corrected chi connectivity index (χ1v) is 4.38. The summed E-state index contributed by atoms with van der Waals surface area (Å²) in [7, 11) is 0. The summed E-state index contributed by atoms with van der Waals surface area (Å²) in [4.78, 5) is 2.31. The predicted octanol–water partition coefficient (Wildman–Crippen LogP) is 1.80. The largest absolute Gasteiger partial charge is 0.372 e. The summed E-state index contributed by atoms with van der Waals surface area (Å²) in [6.07, 6.45) is 8.50. The fraction of sp³-hybridized carbons (Fsp3) is 0.400. The predicted molar refractivity (Wildman–Crippen MR) is 50.0 cm³/mol. The summed E-state index contributed by atoms with van der Waals surface area (Å²) in [5, 5.41) is 3.22. The van der Waals surface area contributed by atoms with Gasteiger partial charge in [0.15, 0.2) is 0 Å². The minimum atomic E-state index is 0.596.